The smallest absolute Gasteiger partial charge is 0.433 e. The Morgan fingerprint density at radius 3 is 2.33 bits per heavy atom. The molecule has 0 aliphatic heterocycles. The Balaban J connectivity index is 2.30. The number of H-pyrrole nitrogens is 1. The molecule has 0 amide bonds. The van der Waals surface area contributed by atoms with Crippen molar-refractivity contribution in [1.82, 2.24) is 9.97 Å². The van der Waals surface area contributed by atoms with Crippen molar-refractivity contribution in [2.75, 3.05) is 7.11 Å². The summed E-state index contributed by atoms with van der Waals surface area (Å²) in [4.78, 5) is 30.4. The number of benzene rings is 1. The number of nitrogens with zero attached hydrogens (tertiary/aromatic N) is 1. The first kappa shape index (κ1) is 23.9. The van der Waals surface area contributed by atoms with Gasteiger partial charge in [-0.2, -0.15) is 17.6 Å². The lowest BCUT2D eigenvalue weighted by atomic mass is 10.0. The van der Waals surface area contributed by atoms with Gasteiger partial charge in [0.05, 0.1) is 24.6 Å². The van der Waals surface area contributed by atoms with Crippen LogP contribution in [0.2, 0.25) is 0 Å². The van der Waals surface area contributed by atoms with E-state index < -0.39 is 46.0 Å². The number of pyridine rings is 2. The molecule has 0 radical (unpaired) electrons. The second kappa shape index (κ2) is 8.64. The molecule has 0 bridgehead atoms. The number of carbonyl (C=O) groups is 1. The van der Waals surface area contributed by atoms with E-state index in [9.17, 15) is 31.5 Å². The molecule has 174 valence electrons. The molecule has 0 aliphatic carbocycles. The lowest BCUT2D eigenvalue weighted by molar-refractivity contribution is -0.141. The zero-order chi connectivity index (χ0) is 24.7. The number of ketones is 1. The fourth-order valence-corrected chi connectivity index (χ4v) is 3.45. The Bertz CT molecular complexity index is 1320. The van der Waals surface area contributed by atoms with Crippen molar-refractivity contribution >= 4 is 5.78 Å². The number of aryl methyl sites for hydroxylation is 1. The van der Waals surface area contributed by atoms with Crippen LogP contribution in [0, 0.1) is 25.5 Å². The van der Waals surface area contributed by atoms with Crippen molar-refractivity contribution in [3.63, 3.8) is 0 Å². The largest absolute Gasteiger partial charge is 0.490 e. The van der Waals surface area contributed by atoms with Gasteiger partial charge in [-0.3, -0.25) is 9.59 Å². The molecule has 6 nitrogen and oxygen atoms in total. The van der Waals surface area contributed by atoms with Gasteiger partial charge in [-0.25, -0.2) is 9.37 Å². The van der Waals surface area contributed by atoms with Gasteiger partial charge in [-0.05, 0) is 38.5 Å². The molecule has 0 saturated heterocycles. The van der Waals surface area contributed by atoms with Gasteiger partial charge in [-0.15, -0.1) is 0 Å². The zero-order valence-electron chi connectivity index (χ0n) is 17.8. The summed E-state index contributed by atoms with van der Waals surface area (Å²) in [6, 6.07) is 2.74. The summed E-state index contributed by atoms with van der Waals surface area (Å²) in [6.07, 6.45) is -4.08. The fourth-order valence-electron chi connectivity index (χ4n) is 3.45. The number of halogens is 5. The van der Waals surface area contributed by atoms with Crippen LogP contribution in [0.5, 0.6) is 17.2 Å². The molecule has 0 aliphatic rings. The fraction of sp³-hybridized carbons (Fsp3) is 0.227. The maximum atomic E-state index is 14.1. The molecule has 2 aromatic heterocycles. The maximum Gasteiger partial charge on any atom is 0.433 e. The topological polar surface area (TPSA) is 81.3 Å². The average molecular weight is 468 g/mol. The van der Waals surface area contributed by atoms with E-state index >= 15 is 0 Å². The number of nitrogens with one attached hydrogen (secondary N) is 1. The SMILES string of the molecule is COc1c(Oc2cnc(C(F)(F)F)c(C)c2-c2cc(=O)c(C(C)=O)c(C)[nH]2)ccc(F)c1F. The minimum Gasteiger partial charge on any atom is -0.490 e. The number of rotatable bonds is 5. The zero-order valence-corrected chi connectivity index (χ0v) is 17.8. The van der Waals surface area contributed by atoms with E-state index in [1.54, 1.807) is 0 Å². The molecule has 2 heterocycles. The van der Waals surface area contributed by atoms with E-state index in [1.807, 2.05) is 0 Å². The van der Waals surface area contributed by atoms with Gasteiger partial charge < -0.3 is 14.5 Å². The predicted molar refractivity (Wildman–Crippen MR) is 108 cm³/mol. The number of Topliss-reactive ketones (excluding diaryl/α,β-unsaturated/α-hetero) is 1. The van der Waals surface area contributed by atoms with Gasteiger partial charge in [0, 0.05) is 17.3 Å². The van der Waals surface area contributed by atoms with Crippen LogP contribution in [-0.2, 0) is 6.18 Å². The Morgan fingerprint density at radius 1 is 1.12 bits per heavy atom. The van der Waals surface area contributed by atoms with Crippen molar-refractivity contribution in [3.05, 3.63) is 68.8 Å². The van der Waals surface area contributed by atoms with Crippen molar-refractivity contribution in [1.29, 1.82) is 0 Å². The number of alkyl halides is 3. The molecule has 0 atom stereocenters. The first-order valence-corrected chi connectivity index (χ1v) is 9.38. The van der Waals surface area contributed by atoms with Crippen molar-refractivity contribution in [2.45, 2.75) is 26.9 Å². The van der Waals surface area contributed by atoms with Crippen molar-refractivity contribution in [3.8, 4) is 28.5 Å². The van der Waals surface area contributed by atoms with Crippen LogP contribution >= 0.6 is 0 Å². The van der Waals surface area contributed by atoms with E-state index in [0.29, 0.717) is 0 Å². The van der Waals surface area contributed by atoms with E-state index in [-0.39, 0.29) is 34.0 Å². The van der Waals surface area contributed by atoms with Crippen LogP contribution in [0.1, 0.15) is 34.2 Å². The molecule has 11 heteroatoms. The Kier molecular flexibility index (Phi) is 6.26. The van der Waals surface area contributed by atoms with Gasteiger partial charge >= 0.3 is 6.18 Å². The molecule has 1 aromatic carbocycles. The maximum absolute atomic E-state index is 14.1. The number of ether oxygens (including phenoxy) is 2. The highest BCUT2D eigenvalue weighted by Gasteiger charge is 2.36. The monoisotopic (exact) mass is 468 g/mol. The third kappa shape index (κ3) is 4.43. The van der Waals surface area contributed by atoms with Crippen molar-refractivity contribution < 1.29 is 36.2 Å². The molecule has 0 fully saturated rings. The summed E-state index contributed by atoms with van der Waals surface area (Å²) < 4.78 is 78.6. The van der Waals surface area contributed by atoms with Crippen LogP contribution < -0.4 is 14.9 Å². The van der Waals surface area contributed by atoms with E-state index in [2.05, 4.69) is 9.97 Å². The minimum absolute atomic E-state index is 0.0931. The summed E-state index contributed by atoms with van der Waals surface area (Å²) in [6.45, 7) is 3.72. The number of methoxy groups -OCH3 is 1. The third-order valence-electron chi connectivity index (χ3n) is 4.83. The lowest BCUT2D eigenvalue weighted by Crippen LogP contribution is -2.17. The first-order chi connectivity index (χ1) is 15.4. The van der Waals surface area contributed by atoms with Crippen molar-refractivity contribution in [2.24, 2.45) is 0 Å². The molecular weight excluding hydrogens is 451 g/mol. The molecule has 0 saturated carbocycles. The highest BCUT2D eigenvalue weighted by Crippen LogP contribution is 2.42. The standard InChI is InChI=1S/C22H17F5N2O4/c1-9-17(13-7-14(31)18(11(3)30)10(2)29-13)16(8-28-21(9)22(25,26)27)33-15-6-5-12(23)19(24)20(15)32-4/h5-8H,1-4H3,(H,29,31). The number of carbonyl (C=O) groups excluding carboxylic acids is 1. The summed E-state index contributed by atoms with van der Waals surface area (Å²) in [5.74, 6) is -4.35. The second-order valence-corrected chi connectivity index (χ2v) is 7.07. The van der Waals surface area contributed by atoms with Crippen LogP contribution in [-0.4, -0.2) is 22.9 Å². The Morgan fingerprint density at radius 2 is 1.79 bits per heavy atom. The van der Waals surface area contributed by atoms with Gasteiger partial charge in [0.2, 0.25) is 11.6 Å². The van der Waals surface area contributed by atoms with Crippen LogP contribution in [0.15, 0.2) is 29.2 Å². The van der Waals surface area contributed by atoms with E-state index in [1.165, 1.54) is 13.8 Å². The summed E-state index contributed by atoms with van der Waals surface area (Å²) in [7, 11) is 1.06. The average Bonchev–Trinajstić information content (AvgIpc) is 2.69. The summed E-state index contributed by atoms with van der Waals surface area (Å²) in [5.41, 5.74) is -2.67. The van der Waals surface area contributed by atoms with Gasteiger partial charge in [-0.1, -0.05) is 0 Å². The molecular formula is C22H17F5N2O4. The number of hydrogen-bond donors (Lipinski definition) is 1. The summed E-state index contributed by atoms with van der Waals surface area (Å²) >= 11 is 0. The highest BCUT2D eigenvalue weighted by molar-refractivity contribution is 5.95. The third-order valence-corrected chi connectivity index (χ3v) is 4.83. The number of hydrogen-bond acceptors (Lipinski definition) is 5. The lowest BCUT2D eigenvalue weighted by Gasteiger charge is -2.19. The van der Waals surface area contributed by atoms with Gasteiger partial charge in [0.25, 0.3) is 0 Å². The second-order valence-electron chi connectivity index (χ2n) is 7.07. The summed E-state index contributed by atoms with van der Waals surface area (Å²) in [5, 5.41) is 0. The van der Waals surface area contributed by atoms with Gasteiger partial charge in [0.15, 0.2) is 28.5 Å². The first-order valence-electron chi connectivity index (χ1n) is 9.38. The van der Waals surface area contributed by atoms with Crippen LogP contribution in [0.25, 0.3) is 11.3 Å². The van der Waals surface area contributed by atoms with E-state index in [0.717, 1.165) is 38.4 Å². The molecule has 0 unspecified atom stereocenters. The molecule has 0 spiro atoms. The Hall–Kier alpha value is -3.76. The molecule has 33 heavy (non-hydrogen) atoms. The highest BCUT2D eigenvalue weighted by atomic mass is 19.4. The molecule has 1 N–H and O–H groups in total. The van der Waals surface area contributed by atoms with E-state index in [4.69, 9.17) is 9.47 Å². The Labute approximate surface area is 184 Å². The normalized spacial score (nSPS) is 11.4. The minimum atomic E-state index is -4.83. The van der Waals surface area contributed by atoms with Gasteiger partial charge in [0.1, 0.15) is 5.69 Å². The van der Waals surface area contributed by atoms with Crippen LogP contribution in [0.4, 0.5) is 22.0 Å². The van der Waals surface area contributed by atoms with Crippen LogP contribution in [0.3, 0.4) is 0 Å². The predicted octanol–water partition coefficient (Wildman–Crippen LogP) is 5.35. The number of aromatic nitrogens is 2. The molecule has 3 rings (SSSR count). The number of aromatic amines is 1. The quantitative estimate of drug-likeness (QED) is 0.403. The molecule has 3 aromatic rings.